The molecule has 0 aromatic carbocycles. The van der Waals surface area contributed by atoms with E-state index in [0.29, 0.717) is 0 Å². The lowest BCUT2D eigenvalue weighted by atomic mass is 10.1. The number of rotatable bonds is 3. The maximum Gasteiger partial charge on any atom is 0.219 e. The molecule has 1 heterocycles. The largest absolute Gasteiger partial charge is 0.343 e. The quantitative estimate of drug-likeness (QED) is 0.727. The molecule has 76 valence electrons. The van der Waals surface area contributed by atoms with Gasteiger partial charge in [-0.2, -0.15) is 0 Å². The van der Waals surface area contributed by atoms with Gasteiger partial charge in [-0.05, 0) is 25.0 Å². The van der Waals surface area contributed by atoms with Crippen LogP contribution in [0.25, 0.3) is 0 Å². The second-order valence-electron chi connectivity index (χ2n) is 3.54. The Labute approximate surface area is 84.8 Å². The molecule has 1 aromatic rings. The van der Waals surface area contributed by atoms with Crippen molar-refractivity contribution in [1.82, 2.24) is 9.88 Å². The van der Waals surface area contributed by atoms with Crippen molar-refractivity contribution in [2.45, 2.75) is 26.3 Å². The van der Waals surface area contributed by atoms with Crippen molar-refractivity contribution in [2.24, 2.45) is 0 Å². The van der Waals surface area contributed by atoms with Crippen LogP contribution in [0, 0.1) is 0 Å². The molecule has 1 rings (SSSR count). The third-order valence-electron chi connectivity index (χ3n) is 2.41. The molecule has 0 unspecified atom stereocenters. The van der Waals surface area contributed by atoms with Gasteiger partial charge in [0.15, 0.2) is 0 Å². The molecule has 0 fully saturated rings. The summed E-state index contributed by atoms with van der Waals surface area (Å²) in [5.41, 5.74) is 1.16. The molecule has 0 bridgehead atoms. The number of hydrogen-bond acceptors (Lipinski definition) is 2. The lowest BCUT2D eigenvalue weighted by Crippen LogP contribution is -2.34. The van der Waals surface area contributed by atoms with Gasteiger partial charge in [0.05, 0.1) is 0 Å². The summed E-state index contributed by atoms with van der Waals surface area (Å²) in [6.07, 6.45) is 4.44. The van der Waals surface area contributed by atoms with Crippen molar-refractivity contribution in [3.8, 4) is 0 Å². The van der Waals surface area contributed by atoms with E-state index in [0.717, 1.165) is 12.0 Å². The molecule has 1 atom stereocenters. The number of pyridine rings is 1. The highest BCUT2D eigenvalue weighted by Crippen LogP contribution is 2.05. The third-order valence-corrected chi connectivity index (χ3v) is 2.41. The average molecular weight is 192 g/mol. The molecule has 1 amide bonds. The third kappa shape index (κ3) is 2.83. The average Bonchev–Trinajstić information content (AvgIpc) is 2.18. The fraction of sp³-hybridized carbons (Fsp3) is 0.455. The molecule has 0 aliphatic heterocycles. The molecule has 1 aromatic heterocycles. The standard InChI is InChI=1S/C11H16N2O/c1-9(13(3)10(2)14)7-11-5-4-6-12-8-11/h4-6,8-9H,7H2,1-3H3/t9-/m0/s1. The number of carbonyl (C=O) groups excluding carboxylic acids is 1. The SMILES string of the molecule is CC(=O)N(C)[C@@H](C)Cc1cccnc1. The summed E-state index contributed by atoms with van der Waals surface area (Å²) in [5, 5.41) is 0. The van der Waals surface area contributed by atoms with E-state index in [2.05, 4.69) is 4.98 Å². The Hall–Kier alpha value is -1.38. The van der Waals surface area contributed by atoms with Crippen molar-refractivity contribution in [1.29, 1.82) is 0 Å². The van der Waals surface area contributed by atoms with Gasteiger partial charge in [0.25, 0.3) is 0 Å². The van der Waals surface area contributed by atoms with Crippen LogP contribution in [0.4, 0.5) is 0 Å². The van der Waals surface area contributed by atoms with Crippen LogP contribution in [0.3, 0.4) is 0 Å². The second-order valence-corrected chi connectivity index (χ2v) is 3.54. The van der Waals surface area contributed by atoms with E-state index in [9.17, 15) is 4.79 Å². The van der Waals surface area contributed by atoms with Crippen molar-refractivity contribution in [2.75, 3.05) is 7.05 Å². The number of aromatic nitrogens is 1. The zero-order chi connectivity index (χ0) is 10.6. The first-order valence-corrected chi connectivity index (χ1v) is 4.73. The number of amides is 1. The fourth-order valence-corrected chi connectivity index (χ4v) is 1.31. The number of carbonyl (C=O) groups is 1. The molecule has 0 saturated carbocycles. The molecule has 14 heavy (non-hydrogen) atoms. The van der Waals surface area contributed by atoms with Gasteiger partial charge in [-0.25, -0.2) is 0 Å². The van der Waals surface area contributed by atoms with E-state index in [4.69, 9.17) is 0 Å². The van der Waals surface area contributed by atoms with E-state index in [1.165, 1.54) is 0 Å². The fourth-order valence-electron chi connectivity index (χ4n) is 1.31. The van der Waals surface area contributed by atoms with Crippen LogP contribution in [-0.4, -0.2) is 28.9 Å². The topological polar surface area (TPSA) is 33.2 Å². The molecule has 0 aliphatic carbocycles. The molecular weight excluding hydrogens is 176 g/mol. The molecule has 0 aliphatic rings. The maximum absolute atomic E-state index is 11.1. The Balaban J connectivity index is 2.57. The molecule has 0 radical (unpaired) electrons. The van der Waals surface area contributed by atoms with Crippen molar-refractivity contribution in [3.63, 3.8) is 0 Å². The van der Waals surface area contributed by atoms with E-state index < -0.39 is 0 Å². The molecule has 0 spiro atoms. The first-order chi connectivity index (χ1) is 6.61. The van der Waals surface area contributed by atoms with Crippen LogP contribution in [-0.2, 0) is 11.2 Å². The van der Waals surface area contributed by atoms with Gasteiger partial charge in [-0.3, -0.25) is 9.78 Å². The van der Waals surface area contributed by atoms with E-state index in [1.54, 1.807) is 18.0 Å². The minimum Gasteiger partial charge on any atom is -0.343 e. The lowest BCUT2D eigenvalue weighted by Gasteiger charge is -2.23. The lowest BCUT2D eigenvalue weighted by molar-refractivity contribution is -0.129. The van der Waals surface area contributed by atoms with Gasteiger partial charge in [0, 0.05) is 32.4 Å². The molecular formula is C11H16N2O. The van der Waals surface area contributed by atoms with Crippen LogP contribution >= 0.6 is 0 Å². The number of likely N-dealkylation sites (N-methyl/N-ethyl adjacent to an activating group) is 1. The van der Waals surface area contributed by atoms with Gasteiger partial charge in [0.2, 0.25) is 5.91 Å². The molecule has 3 heteroatoms. The highest BCUT2D eigenvalue weighted by molar-refractivity contribution is 5.73. The Kier molecular flexibility index (Phi) is 3.63. The predicted molar refractivity (Wildman–Crippen MR) is 55.8 cm³/mol. The van der Waals surface area contributed by atoms with Gasteiger partial charge in [0.1, 0.15) is 0 Å². The summed E-state index contributed by atoms with van der Waals surface area (Å²) >= 11 is 0. The van der Waals surface area contributed by atoms with Crippen LogP contribution < -0.4 is 0 Å². The smallest absolute Gasteiger partial charge is 0.219 e. The van der Waals surface area contributed by atoms with E-state index in [1.807, 2.05) is 32.3 Å². The predicted octanol–water partition coefficient (Wildman–Crippen LogP) is 1.49. The van der Waals surface area contributed by atoms with Crippen molar-refractivity contribution < 1.29 is 4.79 Å². The van der Waals surface area contributed by atoms with E-state index >= 15 is 0 Å². The van der Waals surface area contributed by atoms with Crippen LogP contribution in [0.1, 0.15) is 19.4 Å². The first-order valence-electron chi connectivity index (χ1n) is 4.73. The summed E-state index contributed by atoms with van der Waals surface area (Å²) in [5.74, 6) is 0.0985. The van der Waals surface area contributed by atoms with Crippen LogP contribution in [0.5, 0.6) is 0 Å². The second kappa shape index (κ2) is 4.74. The Morgan fingerprint density at radius 2 is 2.36 bits per heavy atom. The van der Waals surface area contributed by atoms with Crippen LogP contribution in [0.2, 0.25) is 0 Å². The zero-order valence-corrected chi connectivity index (χ0v) is 8.90. The molecule has 0 N–H and O–H groups in total. The minimum atomic E-state index is 0.0985. The highest BCUT2D eigenvalue weighted by Gasteiger charge is 2.11. The molecule has 0 saturated heterocycles. The van der Waals surface area contributed by atoms with Crippen LogP contribution in [0.15, 0.2) is 24.5 Å². The number of hydrogen-bond donors (Lipinski definition) is 0. The number of nitrogens with zero attached hydrogens (tertiary/aromatic N) is 2. The van der Waals surface area contributed by atoms with Gasteiger partial charge in [-0.15, -0.1) is 0 Å². The van der Waals surface area contributed by atoms with Crippen molar-refractivity contribution in [3.05, 3.63) is 30.1 Å². The summed E-state index contributed by atoms with van der Waals surface area (Å²) in [6.45, 7) is 3.62. The van der Waals surface area contributed by atoms with Crippen molar-refractivity contribution >= 4 is 5.91 Å². The first kappa shape index (κ1) is 10.7. The summed E-state index contributed by atoms with van der Waals surface area (Å²) < 4.78 is 0. The van der Waals surface area contributed by atoms with E-state index in [-0.39, 0.29) is 11.9 Å². The molecule has 3 nitrogen and oxygen atoms in total. The Morgan fingerprint density at radius 3 is 2.86 bits per heavy atom. The highest BCUT2D eigenvalue weighted by atomic mass is 16.2. The summed E-state index contributed by atoms with van der Waals surface area (Å²) in [6, 6.07) is 4.16. The summed E-state index contributed by atoms with van der Waals surface area (Å²) in [7, 11) is 1.82. The van der Waals surface area contributed by atoms with Gasteiger partial charge < -0.3 is 4.90 Å². The Morgan fingerprint density at radius 1 is 1.64 bits per heavy atom. The minimum absolute atomic E-state index is 0.0985. The van der Waals surface area contributed by atoms with Gasteiger partial charge >= 0.3 is 0 Å². The maximum atomic E-state index is 11.1. The normalized spacial score (nSPS) is 12.2. The Bertz CT molecular complexity index is 297. The summed E-state index contributed by atoms with van der Waals surface area (Å²) in [4.78, 5) is 16.9. The zero-order valence-electron chi connectivity index (χ0n) is 8.90. The monoisotopic (exact) mass is 192 g/mol. The van der Waals surface area contributed by atoms with Gasteiger partial charge in [-0.1, -0.05) is 6.07 Å².